The van der Waals surface area contributed by atoms with Crippen molar-refractivity contribution in [3.8, 4) is 5.75 Å². The Kier molecular flexibility index (Phi) is 6.20. The quantitative estimate of drug-likeness (QED) is 0.795. The Morgan fingerprint density at radius 1 is 1.26 bits per heavy atom. The first-order chi connectivity index (χ1) is 12.6. The molecule has 0 saturated heterocycles. The van der Waals surface area contributed by atoms with Crippen molar-refractivity contribution < 1.29 is 18.7 Å². The van der Waals surface area contributed by atoms with Crippen LogP contribution in [0.15, 0.2) is 53.5 Å². The minimum absolute atomic E-state index is 0.0648. The van der Waals surface area contributed by atoms with Crippen molar-refractivity contribution in [3.63, 3.8) is 0 Å². The van der Waals surface area contributed by atoms with Crippen LogP contribution in [0.3, 0.4) is 0 Å². The molecule has 0 fully saturated rings. The first-order valence-electron chi connectivity index (χ1n) is 8.21. The molecule has 0 aromatic heterocycles. The number of hydrogen-bond acceptors (Lipinski definition) is 4. The van der Waals surface area contributed by atoms with Crippen molar-refractivity contribution >= 4 is 25.2 Å². The fourth-order valence-corrected chi connectivity index (χ4v) is 2.47. The number of nitrogens with zero attached hydrogens (tertiary/aromatic N) is 2. The molecule has 3 rings (SSSR count). The second-order valence-corrected chi connectivity index (χ2v) is 6.23. The van der Waals surface area contributed by atoms with Gasteiger partial charge in [0.1, 0.15) is 13.6 Å². The second-order valence-electron chi connectivity index (χ2n) is 6.23. The van der Waals surface area contributed by atoms with E-state index in [2.05, 4.69) is 4.99 Å². The van der Waals surface area contributed by atoms with E-state index >= 15 is 0 Å². The van der Waals surface area contributed by atoms with Crippen LogP contribution in [0.4, 0.5) is 8.78 Å². The summed E-state index contributed by atoms with van der Waals surface area (Å²) in [5.41, 5.74) is 6.73. The number of halogens is 2. The molecule has 5 nitrogen and oxygen atoms in total. The lowest BCUT2D eigenvalue weighted by Crippen LogP contribution is -2.42. The third-order valence-electron chi connectivity index (χ3n) is 4.07. The number of aromatic hydroxyl groups is 1. The number of alkyl halides is 2. The maximum Gasteiger partial charge on any atom is 0.270 e. The zero-order valence-electron chi connectivity index (χ0n) is 15.1. The minimum atomic E-state index is -2.71. The molecule has 1 unspecified atom stereocenters. The van der Waals surface area contributed by atoms with Crippen molar-refractivity contribution in [2.24, 2.45) is 10.7 Å². The Morgan fingerprint density at radius 3 is 2.41 bits per heavy atom. The summed E-state index contributed by atoms with van der Waals surface area (Å²) in [6.45, 7) is 0.891. The predicted molar refractivity (Wildman–Crippen MR) is 101 cm³/mol. The van der Waals surface area contributed by atoms with Gasteiger partial charge in [-0.15, -0.1) is 0 Å². The zero-order valence-corrected chi connectivity index (χ0v) is 15.1. The summed E-state index contributed by atoms with van der Waals surface area (Å²) in [5.74, 6) is -2.63. The molecular formula is C19H20BF2N3O2. The number of nitrogens with two attached hydrogens (primary N) is 1. The third-order valence-corrected chi connectivity index (χ3v) is 4.07. The van der Waals surface area contributed by atoms with Crippen LogP contribution in [0, 0.1) is 0 Å². The van der Waals surface area contributed by atoms with Crippen LogP contribution in [-0.4, -0.2) is 36.8 Å². The molecule has 27 heavy (non-hydrogen) atoms. The van der Waals surface area contributed by atoms with Crippen molar-refractivity contribution in [1.29, 1.82) is 0 Å². The average Bonchev–Trinajstić information content (AvgIpc) is 2.62. The lowest BCUT2D eigenvalue weighted by atomic mass is 9.90. The summed E-state index contributed by atoms with van der Waals surface area (Å²) < 4.78 is 24.9. The predicted octanol–water partition coefficient (Wildman–Crippen LogP) is 2.20. The number of aliphatic imine (C=N–C) groups is 1. The Hall–Kier alpha value is -2.90. The highest BCUT2D eigenvalue weighted by Gasteiger charge is 2.27. The number of phenolic OH excluding ortho intramolecular Hbond substituents is 1. The summed E-state index contributed by atoms with van der Waals surface area (Å²) in [6.07, 6.45) is 0.175. The summed E-state index contributed by atoms with van der Waals surface area (Å²) in [5, 5.41) is 9.74. The molecular weight excluding hydrogens is 351 g/mol. The van der Waals surface area contributed by atoms with Gasteiger partial charge in [-0.1, -0.05) is 47.9 Å². The van der Waals surface area contributed by atoms with E-state index in [0.717, 1.165) is 6.92 Å². The molecule has 1 heterocycles. The smallest absolute Gasteiger partial charge is 0.270 e. The number of phenols is 1. The molecule has 1 amide bonds. The van der Waals surface area contributed by atoms with E-state index in [1.807, 2.05) is 0 Å². The lowest BCUT2D eigenvalue weighted by molar-refractivity contribution is -0.127. The SMILES string of the molecule is CC(F)(F)c1ccccc1.[B]c1ccc(O)c(C2CC(=O)N(C)C(N)=N2)c1. The van der Waals surface area contributed by atoms with E-state index in [0.29, 0.717) is 11.0 Å². The number of benzene rings is 2. The fraction of sp³-hybridized carbons (Fsp3) is 0.263. The van der Waals surface area contributed by atoms with Gasteiger partial charge in [0, 0.05) is 25.1 Å². The molecule has 2 radical (unpaired) electrons. The van der Waals surface area contributed by atoms with Gasteiger partial charge in [0.15, 0.2) is 5.96 Å². The molecule has 0 aliphatic carbocycles. The van der Waals surface area contributed by atoms with Crippen LogP contribution in [0.2, 0.25) is 0 Å². The summed E-state index contributed by atoms with van der Waals surface area (Å²) in [4.78, 5) is 17.1. The number of carbonyl (C=O) groups is 1. The van der Waals surface area contributed by atoms with Gasteiger partial charge in [-0.3, -0.25) is 9.69 Å². The standard InChI is InChI=1S/C11H12BN3O2.C8H8F2/c1-15-10(17)5-8(14-11(15)13)7-4-6(12)2-3-9(7)16;1-8(9,10)7-5-3-2-4-6-7/h2-4,8,16H,5H2,1H3,(H2,13,14);2-6H,1H3. The van der Waals surface area contributed by atoms with Crippen LogP contribution < -0.4 is 11.2 Å². The van der Waals surface area contributed by atoms with E-state index < -0.39 is 12.0 Å². The van der Waals surface area contributed by atoms with Gasteiger partial charge < -0.3 is 10.8 Å². The van der Waals surface area contributed by atoms with E-state index in [1.54, 1.807) is 37.4 Å². The number of amides is 1. The number of rotatable bonds is 2. The molecule has 1 atom stereocenters. The molecule has 2 aromatic carbocycles. The normalized spacial score (nSPS) is 17.0. The van der Waals surface area contributed by atoms with Crippen molar-refractivity contribution in [2.75, 3.05) is 7.05 Å². The van der Waals surface area contributed by atoms with Gasteiger partial charge in [0.2, 0.25) is 5.91 Å². The Balaban J connectivity index is 0.000000223. The molecule has 2 aromatic rings. The van der Waals surface area contributed by atoms with Gasteiger partial charge >= 0.3 is 0 Å². The first-order valence-corrected chi connectivity index (χ1v) is 8.21. The molecule has 140 valence electrons. The Labute approximate surface area is 157 Å². The van der Waals surface area contributed by atoms with E-state index in [9.17, 15) is 18.7 Å². The average molecular weight is 371 g/mol. The zero-order chi connectivity index (χ0) is 20.2. The molecule has 1 aliphatic rings. The summed E-state index contributed by atoms with van der Waals surface area (Å²) in [6, 6.07) is 12.0. The lowest BCUT2D eigenvalue weighted by Gasteiger charge is -2.26. The largest absolute Gasteiger partial charge is 0.508 e. The van der Waals surface area contributed by atoms with E-state index in [4.69, 9.17) is 13.6 Å². The highest BCUT2D eigenvalue weighted by atomic mass is 19.3. The van der Waals surface area contributed by atoms with Crippen LogP contribution in [0.1, 0.15) is 30.5 Å². The van der Waals surface area contributed by atoms with Crippen molar-refractivity contribution in [1.82, 2.24) is 4.90 Å². The van der Waals surface area contributed by atoms with Crippen LogP contribution in [0.25, 0.3) is 0 Å². The van der Waals surface area contributed by atoms with Gasteiger partial charge in [-0.05, 0) is 6.07 Å². The Bertz CT molecular complexity index is 839. The molecule has 8 heteroatoms. The van der Waals surface area contributed by atoms with Gasteiger partial charge in [-0.2, -0.15) is 0 Å². The van der Waals surface area contributed by atoms with E-state index in [-0.39, 0.29) is 29.6 Å². The number of guanidine groups is 1. The molecule has 1 aliphatic heterocycles. The van der Waals surface area contributed by atoms with Crippen LogP contribution in [0.5, 0.6) is 5.75 Å². The number of carbonyl (C=O) groups excluding carboxylic acids is 1. The molecule has 3 N–H and O–H groups in total. The van der Waals surface area contributed by atoms with Gasteiger partial charge in [-0.25, -0.2) is 13.8 Å². The van der Waals surface area contributed by atoms with Crippen LogP contribution >= 0.6 is 0 Å². The third kappa shape index (κ3) is 5.29. The van der Waals surface area contributed by atoms with Crippen LogP contribution in [-0.2, 0) is 10.7 Å². The topological polar surface area (TPSA) is 78.9 Å². The highest BCUT2D eigenvalue weighted by Crippen LogP contribution is 2.31. The van der Waals surface area contributed by atoms with Crippen molar-refractivity contribution in [3.05, 3.63) is 59.7 Å². The highest BCUT2D eigenvalue weighted by molar-refractivity contribution is 6.32. The summed E-state index contributed by atoms with van der Waals surface area (Å²) in [7, 11) is 7.21. The molecule has 0 bridgehead atoms. The maximum absolute atomic E-state index is 12.5. The monoisotopic (exact) mass is 371 g/mol. The summed E-state index contributed by atoms with van der Waals surface area (Å²) >= 11 is 0. The minimum Gasteiger partial charge on any atom is -0.508 e. The van der Waals surface area contributed by atoms with Crippen molar-refractivity contribution in [2.45, 2.75) is 25.3 Å². The Morgan fingerprint density at radius 2 is 1.89 bits per heavy atom. The second kappa shape index (κ2) is 8.20. The maximum atomic E-state index is 12.5. The fourth-order valence-electron chi connectivity index (χ4n) is 2.47. The molecule has 0 spiro atoms. The van der Waals surface area contributed by atoms with Gasteiger partial charge in [0.25, 0.3) is 5.92 Å². The number of hydrogen-bond donors (Lipinski definition) is 2. The van der Waals surface area contributed by atoms with Gasteiger partial charge in [0.05, 0.1) is 12.5 Å². The first kappa shape index (κ1) is 20.4. The molecule has 0 saturated carbocycles. The van der Waals surface area contributed by atoms with E-state index in [1.165, 1.54) is 23.1 Å².